The summed E-state index contributed by atoms with van der Waals surface area (Å²) in [6.45, 7) is 13.7. The van der Waals surface area contributed by atoms with E-state index >= 15 is 0 Å². The number of hydrogen-bond acceptors (Lipinski definition) is 3. The highest BCUT2D eigenvalue weighted by molar-refractivity contribution is 9.10. The summed E-state index contributed by atoms with van der Waals surface area (Å²) in [5, 5.41) is 3.86. The van der Waals surface area contributed by atoms with E-state index in [9.17, 15) is 9.59 Å². The van der Waals surface area contributed by atoms with Crippen LogP contribution in [0.15, 0.2) is 40.9 Å². The average Bonchev–Trinajstić information content (AvgIpc) is 2.69. The predicted molar refractivity (Wildman–Crippen MR) is 143 cm³/mol. The van der Waals surface area contributed by atoms with Crippen molar-refractivity contribution in [3.63, 3.8) is 0 Å². The van der Waals surface area contributed by atoms with Crippen LogP contribution in [0.2, 0.25) is 10.0 Å². The van der Waals surface area contributed by atoms with Crippen LogP contribution in [0, 0.1) is 0 Å². The second-order valence-corrected chi connectivity index (χ2v) is 12.1. The van der Waals surface area contributed by atoms with Crippen LogP contribution in [0.25, 0.3) is 0 Å². The van der Waals surface area contributed by atoms with Crippen molar-refractivity contribution in [2.24, 2.45) is 0 Å². The van der Waals surface area contributed by atoms with Gasteiger partial charge < -0.3 is 15.0 Å². The van der Waals surface area contributed by atoms with Gasteiger partial charge in [0.1, 0.15) is 11.8 Å². The molecule has 0 aliphatic carbocycles. The number of benzene rings is 2. The van der Waals surface area contributed by atoms with E-state index in [1.54, 1.807) is 25.1 Å². The van der Waals surface area contributed by atoms with Gasteiger partial charge in [-0.05, 0) is 84.4 Å². The maximum atomic E-state index is 13.3. The van der Waals surface area contributed by atoms with Crippen LogP contribution >= 0.6 is 39.1 Å². The number of carbonyl (C=O) groups excluding carboxylic acids is 2. The molecular formula is C26H33BrCl2N2O3. The third-order valence-corrected chi connectivity index (χ3v) is 6.38. The van der Waals surface area contributed by atoms with Gasteiger partial charge in [-0.15, -0.1) is 0 Å². The fourth-order valence-corrected chi connectivity index (χ4v) is 4.16. The Morgan fingerprint density at radius 1 is 1.06 bits per heavy atom. The second-order valence-electron chi connectivity index (χ2n) is 10.4. The van der Waals surface area contributed by atoms with Gasteiger partial charge in [-0.25, -0.2) is 0 Å². The molecule has 0 heterocycles. The summed E-state index contributed by atoms with van der Waals surface area (Å²) in [5.74, 6) is -0.0476. The molecule has 2 aromatic rings. The predicted octanol–water partition coefficient (Wildman–Crippen LogP) is 6.76. The lowest BCUT2D eigenvalue weighted by molar-refractivity contribution is -0.142. The standard InChI is InChI=1S/C26H33BrCl2N2O3/c1-16(24(33)30-26(5,6)7)31(14-17-8-10-19(28)13-21(17)29)23(32)15-34-22-11-9-18(12-20(22)27)25(2,3)4/h8-13,16H,14-15H2,1-7H3,(H,30,33). The summed E-state index contributed by atoms with van der Waals surface area (Å²) >= 11 is 15.9. The van der Waals surface area contributed by atoms with Crippen molar-refractivity contribution < 1.29 is 14.3 Å². The van der Waals surface area contributed by atoms with Gasteiger partial charge in [-0.2, -0.15) is 0 Å². The lowest BCUT2D eigenvalue weighted by Crippen LogP contribution is -2.53. The first-order valence-electron chi connectivity index (χ1n) is 11.1. The molecule has 0 bridgehead atoms. The maximum Gasteiger partial charge on any atom is 0.261 e. The smallest absolute Gasteiger partial charge is 0.261 e. The molecule has 1 N–H and O–H groups in total. The molecule has 0 fully saturated rings. The van der Waals surface area contributed by atoms with Crippen molar-refractivity contribution in [3.05, 3.63) is 62.0 Å². The van der Waals surface area contributed by atoms with Crippen LogP contribution in [-0.2, 0) is 21.5 Å². The first-order chi connectivity index (χ1) is 15.6. The molecule has 0 aliphatic rings. The summed E-state index contributed by atoms with van der Waals surface area (Å²) in [4.78, 5) is 27.6. The second kappa shape index (κ2) is 11.3. The zero-order valence-electron chi connectivity index (χ0n) is 20.8. The van der Waals surface area contributed by atoms with E-state index in [1.165, 1.54) is 4.90 Å². The topological polar surface area (TPSA) is 58.6 Å². The third-order valence-electron chi connectivity index (χ3n) is 5.17. The Hall–Kier alpha value is -1.76. The molecule has 8 heteroatoms. The molecule has 1 unspecified atom stereocenters. The van der Waals surface area contributed by atoms with Gasteiger partial charge in [-0.3, -0.25) is 9.59 Å². The summed E-state index contributed by atoms with van der Waals surface area (Å²) in [6.07, 6.45) is 0. The quantitative estimate of drug-likeness (QED) is 0.399. The molecule has 2 amide bonds. The van der Waals surface area contributed by atoms with Gasteiger partial charge >= 0.3 is 0 Å². The lowest BCUT2D eigenvalue weighted by Gasteiger charge is -2.31. The van der Waals surface area contributed by atoms with Gasteiger partial charge in [0.2, 0.25) is 5.91 Å². The van der Waals surface area contributed by atoms with Crippen LogP contribution in [0.5, 0.6) is 5.75 Å². The van der Waals surface area contributed by atoms with Gasteiger partial charge in [0.25, 0.3) is 5.91 Å². The molecule has 1 atom stereocenters. The number of hydrogen-bond donors (Lipinski definition) is 1. The van der Waals surface area contributed by atoms with Crippen LogP contribution in [0.4, 0.5) is 0 Å². The van der Waals surface area contributed by atoms with E-state index in [2.05, 4.69) is 42.0 Å². The van der Waals surface area contributed by atoms with Crippen molar-refractivity contribution in [3.8, 4) is 5.75 Å². The summed E-state index contributed by atoms with van der Waals surface area (Å²) < 4.78 is 6.60. The number of ether oxygens (including phenoxy) is 1. The van der Waals surface area contributed by atoms with E-state index in [-0.39, 0.29) is 30.4 Å². The largest absolute Gasteiger partial charge is 0.483 e. The number of nitrogens with zero attached hydrogens (tertiary/aromatic N) is 1. The SMILES string of the molecule is CC(C(=O)NC(C)(C)C)N(Cc1ccc(Cl)cc1Cl)C(=O)COc1ccc(C(C)(C)C)cc1Br. The number of carbonyl (C=O) groups is 2. The number of halogens is 3. The Morgan fingerprint density at radius 2 is 1.71 bits per heavy atom. The fraction of sp³-hybridized carbons (Fsp3) is 0.462. The van der Waals surface area contributed by atoms with E-state index in [1.807, 2.05) is 39.0 Å². The first-order valence-corrected chi connectivity index (χ1v) is 12.6. The van der Waals surface area contributed by atoms with Crippen molar-refractivity contribution in [1.29, 1.82) is 0 Å². The molecule has 0 radical (unpaired) electrons. The van der Waals surface area contributed by atoms with Crippen molar-refractivity contribution in [1.82, 2.24) is 10.2 Å². The van der Waals surface area contributed by atoms with E-state index < -0.39 is 11.6 Å². The van der Waals surface area contributed by atoms with Gasteiger partial charge in [0, 0.05) is 22.1 Å². The molecule has 0 aliphatic heterocycles. The minimum Gasteiger partial charge on any atom is -0.483 e. The molecule has 0 aromatic heterocycles. The van der Waals surface area contributed by atoms with Gasteiger partial charge in [-0.1, -0.05) is 56.1 Å². The Balaban J connectivity index is 2.25. The molecule has 0 saturated heterocycles. The minimum absolute atomic E-state index is 0.0125. The zero-order valence-corrected chi connectivity index (χ0v) is 23.9. The normalized spacial score (nSPS) is 12.8. The van der Waals surface area contributed by atoms with Crippen LogP contribution in [0.3, 0.4) is 0 Å². The first kappa shape index (κ1) is 28.5. The molecule has 186 valence electrons. The lowest BCUT2D eigenvalue weighted by atomic mass is 9.87. The number of rotatable bonds is 7. The molecule has 0 spiro atoms. The Bertz CT molecular complexity index is 1050. The van der Waals surface area contributed by atoms with Crippen molar-refractivity contribution in [2.75, 3.05) is 6.61 Å². The molecular weight excluding hydrogens is 539 g/mol. The molecule has 5 nitrogen and oxygen atoms in total. The highest BCUT2D eigenvalue weighted by Gasteiger charge is 2.29. The monoisotopic (exact) mass is 570 g/mol. The molecule has 2 aromatic carbocycles. The summed E-state index contributed by atoms with van der Waals surface area (Å²) in [7, 11) is 0. The maximum absolute atomic E-state index is 13.3. The number of nitrogens with one attached hydrogen (secondary N) is 1. The van der Waals surface area contributed by atoms with Gasteiger partial charge in [0.15, 0.2) is 6.61 Å². The Kier molecular flexibility index (Phi) is 9.48. The van der Waals surface area contributed by atoms with Crippen LogP contribution in [0.1, 0.15) is 59.6 Å². The highest BCUT2D eigenvalue weighted by atomic mass is 79.9. The van der Waals surface area contributed by atoms with Crippen LogP contribution < -0.4 is 10.1 Å². The van der Waals surface area contributed by atoms with E-state index in [4.69, 9.17) is 27.9 Å². The summed E-state index contributed by atoms with van der Waals surface area (Å²) in [6, 6.07) is 10.1. The fourth-order valence-electron chi connectivity index (χ4n) is 3.20. The average molecular weight is 572 g/mol. The number of amides is 2. The van der Waals surface area contributed by atoms with Crippen molar-refractivity contribution >= 4 is 50.9 Å². The van der Waals surface area contributed by atoms with E-state index in [0.717, 1.165) is 10.0 Å². The molecule has 2 rings (SSSR count). The summed E-state index contributed by atoms with van der Waals surface area (Å²) in [5.41, 5.74) is 1.38. The Morgan fingerprint density at radius 3 is 2.24 bits per heavy atom. The molecule has 34 heavy (non-hydrogen) atoms. The van der Waals surface area contributed by atoms with Crippen LogP contribution in [-0.4, -0.2) is 34.9 Å². The Labute approximate surface area is 221 Å². The zero-order chi connectivity index (χ0) is 25.8. The van der Waals surface area contributed by atoms with E-state index in [0.29, 0.717) is 21.4 Å². The highest BCUT2D eigenvalue weighted by Crippen LogP contribution is 2.31. The minimum atomic E-state index is -0.742. The molecule has 0 saturated carbocycles. The third kappa shape index (κ3) is 8.17. The van der Waals surface area contributed by atoms with Crippen molar-refractivity contribution in [2.45, 2.75) is 72.0 Å². The van der Waals surface area contributed by atoms with Gasteiger partial charge in [0.05, 0.1) is 4.47 Å².